The van der Waals surface area contributed by atoms with Gasteiger partial charge in [-0.1, -0.05) is 0 Å². The van der Waals surface area contributed by atoms with Crippen molar-refractivity contribution in [2.45, 2.75) is 24.0 Å². The number of primary amides is 2. The van der Waals surface area contributed by atoms with Gasteiger partial charge in [0.05, 0.1) is 22.1 Å². The number of hydrogen-bond acceptors (Lipinski definition) is 11. The summed E-state index contributed by atoms with van der Waals surface area (Å²) in [6, 6.07) is 3.67. The van der Waals surface area contributed by atoms with Gasteiger partial charge in [0.1, 0.15) is 18.0 Å². The Balaban J connectivity index is 2.61. The number of anilines is 1. The fraction of sp³-hybridized carbons (Fsp3) is 0.222. The number of rotatable bonds is 11. The van der Waals surface area contributed by atoms with Crippen LogP contribution >= 0.6 is 0 Å². The van der Waals surface area contributed by atoms with E-state index in [0.29, 0.717) is 0 Å². The Hall–Kier alpha value is -4.49. The zero-order valence-corrected chi connectivity index (χ0v) is 18.2. The van der Waals surface area contributed by atoms with E-state index in [-0.39, 0.29) is 29.7 Å². The summed E-state index contributed by atoms with van der Waals surface area (Å²) >= 11 is -1.89. The van der Waals surface area contributed by atoms with Gasteiger partial charge in [-0.3, -0.25) is 19.7 Å². The highest BCUT2D eigenvalue weighted by Crippen LogP contribution is 2.36. The minimum Gasteiger partial charge on any atom is -0.609 e. The van der Waals surface area contributed by atoms with Crippen molar-refractivity contribution in [3.8, 4) is 17.7 Å². The van der Waals surface area contributed by atoms with Gasteiger partial charge < -0.3 is 31.2 Å². The molecule has 2 unspecified atom stereocenters. The molecule has 0 bridgehead atoms. The Morgan fingerprint density at radius 2 is 2.03 bits per heavy atom. The lowest BCUT2D eigenvalue weighted by atomic mass is 10.1. The molecule has 16 heteroatoms. The molecule has 2 atom stereocenters. The van der Waals surface area contributed by atoms with Crippen molar-refractivity contribution in [2.75, 3.05) is 11.6 Å². The molecule has 15 nitrogen and oxygen atoms in total. The Bertz CT molecular complexity index is 1200. The lowest BCUT2D eigenvalue weighted by Crippen LogP contribution is -2.31. The molecular formula is C18H17N7O8S. The molecule has 0 aliphatic carbocycles. The predicted octanol–water partition coefficient (Wildman–Crippen LogP) is 0.0157. The molecule has 0 spiro atoms. The number of nitrogens with one attached hydrogen (secondary N) is 1. The van der Waals surface area contributed by atoms with E-state index in [0.717, 1.165) is 6.07 Å². The van der Waals surface area contributed by atoms with Crippen molar-refractivity contribution < 1.29 is 33.7 Å². The predicted molar refractivity (Wildman–Crippen MR) is 114 cm³/mol. The summed E-state index contributed by atoms with van der Waals surface area (Å²) in [5.74, 6) is -4.77. The molecule has 0 saturated carbocycles. The van der Waals surface area contributed by atoms with Gasteiger partial charge in [0, 0.05) is 17.6 Å². The van der Waals surface area contributed by atoms with E-state index < -0.39 is 62.5 Å². The molecular weight excluding hydrogens is 474 g/mol. The maximum atomic E-state index is 12.0. The van der Waals surface area contributed by atoms with Crippen LogP contribution in [-0.2, 0) is 20.8 Å². The molecule has 1 heterocycles. The van der Waals surface area contributed by atoms with Crippen molar-refractivity contribution in [3.05, 3.63) is 39.4 Å². The van der Waals surface area contributed by atoms with Crippen LogP contribution < -0.4 is 21.5 Å². The highest BCUT2D eigenvalue weighted by Gasteiger charge is 2.32. The number of hydrogen-bond donors (Lipinski definition) is 4. The molecule has 0 radical (unpaired) electrons. The van der Waals surface area contributed by atoms with E-state index in [2.05, 4.69) is 15.3 Å². The largest absolute Gasteiger partial charge is 0.609 e. The number of benzene rings is 1. The number of aliphatic carboxylic acids is 1. The quantitative estimate of drug-likeness (QED) is 0.140. The normalized spacial score (nSPS) is 12.1. The average Bonchev–Trinajstić information content (AvgIpc) is 2.75. The van der Waals surface area contributed by atoms with E-state index in [1.54, 1.807) is 6.07 Å². The Labute approximate surface area is 194 Å². The molecule has 0 aliphatic heterocycles. The molecule has 0 aliphatic rings. The maximum absolute atomic E-state index is 12.0. The number of carboxylic acids is 1. The van der Waals surface area contributed by atoms with Crippen LogP contribution in [-0.4, -0.2) is 54.6 Å². The third-order valence-corrected chi connectivity index (χ3v) is 4.85. The second kappa shape index (κ2) is 10.9. The average molecular weight is 491 g/mol. The number of nitrogens with two attached hydrogens (primary N) is 2. The number of carbonyl (C=O) groups excluding carboxylic acids is 2. The summed E-state index contributed by atoms with van der Waals surface area (Å²) in [7, 11) is 0. The first-order valence-corrected chi connectivity index (χ1v) is 10.7. The second-order valence-electron chi connectivity index (χ2n) is 6.55. The van der Waals surface area contributed by atoms with Gasteiger partial charge in [0.15, 0.2) is 0 Å². The van der Waals surface area contributed by atoms with Crippen LogP contribution in [0.25, 0.3) is 0 Å². The third kappa shape index (κ3) is 6.27. The number of carbonyl (C=O) groups is 3. The van der Waals surface area contributed by atoms with Gasteiger partial charge in [-0.2, -0.15) is 10.2 Å². The number of nitro groups is 1. The van der Waals surface area contributed by atoms with Crippen molar-refractivity contribution in [2.24, 2.45) is 11.5 Å². The van der Waals surface area contributed by atoms with E-state index in [1.807, 2.05) is 0 Å². The fourth-order valence-corrected chi connectivity index (χ4v) is 3.02. The fourth-order valence-electron chi connectivity index (χ4n) is 2.59. The van der Waals surface area contributed by atoms with Crippen molar-refractivity contribution in [1.82, 2.24) is 9.97 Å². The van der Waals surface area contributed by atoms with Crippen LogP contribution in [0.15, 0.2) is 23.4 Å². The number of nitriles is 1. The lowest BCUT2D eigenvalue weighted by molar-refractivity contribution is -0.385. The number of carboxylic acid groups (broad SMARTS) is 1. The summed E-state index contributed by atoms with van der Waals surface area (Å²) in [5.41, 5.74) is 9.05. The van der Waals surface area contributed by atoms with Gasteiger partial charge in [0.2, 0.25) is 17.6 Å². The monoisotopic (exact) mass is 491 g/mol. The molecule has 2 rings (SSSR count). The van der Waals surface area contributed by atoms with Crippen LogP contribution in [0.3, 0.4) is 0 Å². The van der Waals surface area contributed by atoms with E-state index in [9.17, 15) is 34.2 Å². The molecule has 1 aromatic heterocycles. The maximum Gasteiger partial charge on any atom is 0.373 e. The molecule has 0 saturated heterocycles. The van der Waals surface area contributed by atoms with Crippen LogP contribution in [0.5, 0.6) is 11.6 Å². The highest BCUT2D eigenvalue weighted by atomic mass is 32.2. The SMILES string of the molecule is C[S+]([O-])c1nc(NC(CCC(N)=O)C(=O)O)c([N+](=O)[O-])c(Oc2ccc(C#N)c(C(N)=O)c2)n1. The minimum atomic E-state index is -1.89. The zero-order valence-electron chi connectivity index (χ0n) is 17.4. The Kier molecular flexibility index (Phi) is 8.25. The van der Waals surface area contributed by atoms with Crippen LogP contribution in [0.1, 0.15) is 28.8 Å². The Morgan fingerprint density at radius 1 is 1.35 bits per heavy atom. The molecule has 34 heavy (non-hydrogen) atoms. The summed E-state index contributed by atoms with van der Waals surface area (Å²) < 4.78 is 17.4. The summed E-state index contributed by atoms with van der Waals surface area (Å²) in [5, 5.41) is 32.2. The number of ether oxygens (including phenoxy) is 1. The van der Waals surface area contributed by atoms with E-state index >= 15 is 0 Å². The molecule has 1 aromatic carbocycles. The van der Waals surface area contributed by atoms with Crippen LogP contribution in [0.2, 0.25) is 0 Å². The molecule has 2 aromatic rings. The summed E-state index contributed by atoms with van der Waals surface area (Å²) in [4.78, 5) is 52.6. The number of nitrogens with zero attached hydrogens (tertiary/aromatic N) is 4. The Morgan fingerprint density at radius 3 is 2.53 bits per heavy atom. The molecule has 178 valence electrons. The zero-order chi connectivity index (χ0) is 25.6. The van der Waals surface area contributed by atoms with Gasteiger partial charge in [-0.25, -0.2) is 4.79 Å². The molecule has 2 amide bonds. The van der Waals surface area contributed by atoms with E-state index in [1.165, 1.54) is 18.4 Å². The summed E-state index contributed by atoms with van der Waals surface area (Å²) in [6.45, 7) is 0. The topological polar surface area (TPSA) is 261 Å². The van der Waals surface area contributed by atoms with Gasteiger partial charge in [-0.15, -0.1) is 4.98 Å². The highest BCUT2D eigenvalue weighted by molar-refractivity contribution is 7.90. The standard InChI is InChI=1S/C18H17N7O8S/c1-34(32)18-23-15(22-11(17(28)29)4-5-12(20)26)13(25(30)31)16(24-18)33-9-3-2-8(7-19)10(6-9)14(21)27/h2-3,6,11H,4-5H2,1H3,(H2,20,26)(H2,21,27)(H,28,29)(H,22,23,24). The van der Waals surface area contributed by atoms with Crippen LogP contribution in [0.4, 0.5) is 11.5 Å². The first kappa shape index (κ1) is 25.8. The number of aromatic nitrogens is 2. The van der Waals surface area contributed by atoms with Crippen molar-refractivity contribution in [1.29, 1.82) is 5.26 Å². The second-order valence-corrected chi connectivity index (χ2v) is 7.82. The van der Waals surface area contributed by atoms with Crippen molar-refractivity contribution in [3.63, 3.8) is 0 Å². The van der Waals surface area contributed by atoms with Crippen LogP contribution in [0, 0.1) is 21.4 Å². The summed E-state index contributed by atoms with van der Waals surface area (Å²) in [6.07, 6.45) is 0.494. The van der Waals surface area contributed by atoms with Gasteiger partial charge >= 0.3 is 22.7 Å². The number of amides is 2. The van der Waals surface area contributed by atoms with Crippen molar-refractivity contribution >= 4 is 40.5 Å². The molecule has 0 fully saturated rings. The first-order chi connectivity index (χ1) is 15.9. The van der Waals surface area contributed by atoms with Gasteiger partial charge in [0.25, 0.3) is 0 Å². The smallest absolute Gasteiger partial charge is 0.373 e. The first-order valence-electron chi connectivity index (χ1n) is 9.13. The molecule has 6 N–H and O–H groups in total. The van der Waals surface area contributed by atoms with Gasteiger partial charge in [-0.05, 0) is 24.6 Å². The van der Waals surface area contributed by atoms with E-state index in [4.69, 9.17) is 21.5 Å². The lowest BCUT2D eigenvalue weighted by Gasteiger charge is -2.16. The minimum absolute atomic E-state index is 0.0755. The third-order valence-electron chi connectivity index (χ3n) is 4.15.